The van der Waals surface area contributed by atoms with Crippen LogP contribution in [-0.2, 0) is 19.6 Å². The summed E-state index contributed by atoms with van der Waals surface area (Å²) in [6.07, 6.45) is 0.999. The molecule has 0 unspecified atom stereocenters. The fourth-order valence-corrected chi connectivity index (χ4v) is 5.41. The zero-order valence-electron chi connectivity index (χ0n) is 17.6. The Kier molecular flexibility index (Phi) is 7.14. The van der Waals surface area contributed by atoms with Gasteiger partial charge in [0.25, 0.3) is 0 Å². The summed E-state index contributed by atoms with van der Waals surface area (Å²) in [5.74, 6) is -0.190. The number of rotatable bonds is 6. The quantitative estimate of drug-likeness (QED) is 0.721. The van der Waals surface area contributed by atoms with E-state index in [2.05, 4.69) is 24.1 Å². The number of nitrogens with zero attached hydrogens (tertiary/aromatic N) is 3. The van der Waals surface area contributed by atoms with E-state index in [4.69, 9.17) is 10.00 Å². The molecule has 1 amide bonds. The van der Waals surface area contributed by atoms with Crippen LogP contribution in [0.25, 0.3) is 0 Å². The largest absolute Gasteiger partial charge is 0.379 e. The number of nitriles is 1. The molecule has 0 atom stereocenters. The lowest BCUT2D eigenvalue weighted by Gasteiger charge is -2.41. The number of carbonyl (C=O) groups is 1. The van der Waals surface area contributed by atoms with Crippen molar-refractivity contribution in [3.05, 3.63) is 29.8 Å². The first-order chi connectivity index (χ1) is 14.2. The predicted molar refractivity (Wildman–Crippen MR) is 112 cm³/mol. The van der Waals surface area contributed by atoms with Crippen molar-refractivity contribution in [2.75, 3.05) is 45.9 Å². The number of hydrogen-bond acceptors (Lipinski definition) is 6. The Morgan fingerprint density at radius 2 is 1.77 bits per heavy atom. The van der Waals surface area contributed by atoms with Gasteiger partial charge < -0.3 is 10.1 Å². The molecule has 1 aromatic rings. The van der Waals surface area contributed by atoms with E-state index < -0.39 is 10.0 Å². The molecule has 1 aromatic carbocycles. The fraction of sp³-hybridized carbons (Fsp3) is 0.619. The smallest absolute Gasteiger partial charge is 0.243 e. The van der Waals surface area contributed by atoms with Gasteiger partial charge in [0, 0.05) is 44.2 Å². The number of hydrogen-bond donors (Lipinski definition) is 1. The highest BCUT2D eigenvalue weighted by molar-refractivity contribution is 7.89. The Balaban J connectivity index is 1.51. The van der Waals surface area contributed by atoms with Gasteiger partial charge in [-0.1, -0.05) is 0 Å². The van der Waals surface area contributed by atoms with Gasteiger partial charge in [-0.2, -0.15) is 9.57 Å². The van der Waals surface area contributed by atoms with Crippen LogP contribution < -0.4 is 5.32 Å². The first-order valence-corrected chi connectivity index (χ1v) is 11.8. The molecule has 0 spiro atoms. The third kappa shape index (κ3) is 5.19. The van der Waals surface area contributed by atoms with Crippen LogP contribution in [0, 0.1) is 17.2 Å². The standard InChI is InChI=1S/C21H30N4O4S/c1-21(2,24-11-13-29-14-12-24)16-23-20(26)18-7-9-25(10-8-18)30(27,28)19-5-3-17(15-22)4-6-19/h3-6,18H,7-14,16H2,1-2H3,(H,23,26). The minimum absolute atomic E-state index is 0.00763. The Hall–Kier alpha value is -1.99. The number of ether oxygens (including phenoxy) is 1. The van der Waals surface area contributed by atoms with Gasteiger partial charge in [0.15, 0.2) is 0 Å². The Bertz CT molecular complexity index is 879. The highest BCUT2D eigenvalue weighted by atomic mass is 32.2. The molecule has 30 heavy (non-hydrogen) atoms. The van der Waals surface area contributed by atoms with Gasteiger partial charge in [-0.05, 0) is 51.0 Å². The van der Waals surface area contributed by atoms with Crippen molar-refractivity contribution in [2.24, 2.45) is 5.92 Å². The lowest BCUT2D eigenvalue weighted by Crippen LogP contribution is -2.56. The van der Waals surface area contributed by atoms with Crippen molar-refractivity contribution in [1.29, 1.82) is 5.26 Å². The Morgan fingerprint density at radius 3 is 2.33 bits per heavy atom. The topological polar surface area (TPSA) is 103 Å². The van der Waals surface area contributed by atoms with E-state index in [1.54, 1.807) is 0 Å². The summed E-state index contributed by atoms with van der Waals surface area (Å²) in [6, 6.07) is 7.91. The second-order valence-corrected chi connectivity index (χ2v) is 10.4. The number of benzene rings is 1. The van der Waals surface area contributed by atoms with Crippen LogP contribution in [0.5, 0.6) is 0 Å². The molecule has 2 aliphatic heterocycles. The average molecular weight is 435 g/mol. The molecule has 2 aliphatic rings. The zero-order valence-corrected chi connectivity index (χ0v) is 18.5. The lowest BCUT2D eigenvalue weighted by molar-refractivity contribution is -0.126. The predicted octanol–water partition coefficient (Wildman–Crippen LogP) is 1.19. The zero-order chi connectivity index (χ0) is 21.8. The van der Waals surface area contributed by atoms with Crippen molar-refractivity contribution in [3.63, 3.8) is 0 Å². The highest BCUT2D eigenvalue weighted by Crippen LogP contribution is 2.24. The average Bonchev–Trinajstić information content (AvgIpc) is 2.78. The normalized spacial score (nSPS) is 19.9. The van der Waals surface area contributed by atoms with Gasteiger partial charge in [-0.3, -0.25) is 9.69 Å². The van der Waals surface area contributed by atoms with Gasteiger partial charge >= 0.3 is 0 Å². The van der Waals surface area contributed by atoms with Crippen LogP contribution in [0.2, 0.25) is 0 Å². The maximum Gasteiger partial charge on any atom is 0.243 e. The molecular weight excluding hydrogens is 404 g/mol. The van der Waals surface area contributed by atoms with Crippen LogP contribution in [0.3, 0.4) is 0 Å². The molecule has 164 valence electrons. The lowest BCUT2D eigenvalue weighted by atomic mass is 9.96. The summed E-state index contributed by atoms with van der Waals surface area (Å²) in [5.41, 5.74) is 0.267. The SMILES string of the molecule is CC(C)(CNC(=O)C1CCN(S(=O)(=O)c2ccc(C#N)cc2)CC1)N1CCOCC1. The van der Waals surface area contributed by atoms with E-state index in [1.165, 1.54) is 28.6 Å². The first kappa shape index (κ1) is 22.7. The molecule has 0 aromatic heterocycles. The van der Waals surface area contributed by atoms with Crippen molar-refractivity contribution < 1.29 is 17.9 Å². The number of amides is 1. The summed E-state index contributed by atoms with van der Waals surface area (Å²) >= 11 is 0. The summed E-state index contributed by atoms with van der Waals surface area (Å²) in [7, 11) is -3.61. The maximum absolute atomic E-state index is 12.8. The first-order valence-electron chi connectivity index (χ1n) is 10.3. The number of carbonyl (C=O) groups excluding carboxylic acids is 1. The summed E-state index contributed by atoms with van der Waals surface area (Å²) in [4.78, 5) is 15.2. The van der Waals surface area contributed by atoms with Gasteiger partial charge in [-0.25, -0.2) is 8.42 Å². The number of nitrogens with one attached hydrogen (secondary N) is 1. The molecule has 0 aliphatic carbocycles. The van der Waals surface area contributed by atoms with E-state index in [1.807, 2.05) is 6.07 Å². The van der Waals surface area contributed by atoms with Crippen molar-refractivity contribution >= 4 is 15.9 Å². The van der Waals surface area contributed by atoms with E-state index in [-0.39, 0.29) is 22.3 Å². The van der Waals surface area contributed by atoms with Gasteiger partial charge in [-0.15, -0.1) is 0 Å². The molecular formula is C21H30N4O4S. The van der Waals surface area contributed by atoms with Crippen LogP contribution in [0.1, 0.15) is 32.3 Å². The second-order valence-electron chi connectivity index (χ2n) is 8.44. The van der Waals surface area contributed by atoms with Crippen molar-refractivity contribution in [1.82, 2.24) is 14.5 Å². The third-order valence-corrected chi connectivity index (χ3v) is 7.92. The fourth-order valence-electron chi connectivity index (χ4n) is 3.94. The maximum atomic E-state index is 12.8. The van der Waals surface area contributed by atoms with Crippen LogP contribution in [0.4, 0.5) is 0 Å². The Labute approximate surface area is 178 Å². The molecule has 3 rings (SSSR count). The minimum Gasteiger partial charge on any atom is -0.379 e. The highest BCUT2D eigenvalue weighted by Gasteiger charge is 2.34. The molecule has 0 saturated carbocycles. The molecule has 9 heteroatoms. The third-order valence-electron chi connectivity index (χ3n) is 6.01. The number of morpholine rings is 1. The summed E-state index contributed by atoms with van der Waals surface area (Å²) in [5, 5.41) is 11.9. The van der Waals surface area contributed by atoms with Crippen molar-refractivity contribution in [3.8, 4) is 6.07 Å². The van der Waals surface area contributed by atoms with E-state index in [0.29, 0.717) is 51.3 Å². The van der Waals surface area contributed by atoms with E-state index in [9.17, 15) is 13.2 Å². The molecule has 0 bridgehead atoms. The second kappa shape index (κ2) is 9.43. The Morgan fingerprint density at radius 1 is 1.17 bits per heavy atom. The van der Waals surface area contributed by atoms with Crippen molar-refractivity contribution in [2.45, 2.75) is 37.1 Å². The summed E-state index contributed by atoms with van der Waals surface area (Å²) in [6.45, 7) is 8.54. The monoisotopic (exact) mass is 434 g/mol. The summed E-state index contributed by atoms with van der Waals surface area (Å²) < 4.78 is 32.5. The molecule has 2 fully saturated rings. The van der Waals surface area contributed by atoms with Crippen LogP contribution in [0.15, 0.2) is 29.2 Å². The van der Waals surface area contributed by atoms with E-state index >= 15 is 0 Å². The molecule has 2 saturated heterocycles. The minimum atomic E-state index is -3.61. The van der Waals surface area contributed by atoms with Gasteiger partial charge in [0.2, 0.25) is 15.9 Å². The van der Waals surface area contributed by atoms with E-state index in [0.717, 1.165) is 13.1 Å². The van der Waals surface area contributed by atoms with Crippen LogP contribution in [-0.4, -0.2) is 75.0 Å². The number of piperidine rings is 1. The molecule has 1 N–H and O–H groups in total. The van der Waals surface area contributed by atoms with Gasteiger partial charge in [0.05, 0.1) is 29.7 Å². The molecule has 2 heterocycles. The van der Waals surface area contributed by atoms with Gasteiger partial charge in [0.1, 0.15) is 0 Å². The molecule has 0 radical (unpaired) electrons. The van der Waals surface area contributed by atoms with Crippen LogP contribution >= 0.6 is 0 Å². The number of sulfonamides is 1. The molecule has 8 nitrogen and oxygen atoms in total.